The van der Waals surface area contributed by atoms with E-state index >= 15 is 0 Å². The fourth-order valence-corrected chi connectivity index (χ4v) is 0.874. The van der Waals surface area contributed by atoms with Gasteiger partial charge in [0.2, 0.25) is 0 Å². The summed E-state index contributed by atoms with van der Waals surface area (Å²) in [6.07, 6.45) is 9.67. The molecule has 0 saturated carbocycles. The first-order valence-corrected chi connectivity index (χ1v) is 3.94. The summed E-state index contributed by atoms with van der Waals surface area (Å²) in [6, 6.07) is 10.2. The second kappa shape index (κ2) is 5.14. The number of allylic oxidation sites excluding steroid dienone is 4. The van der Waals surface area contributed by atoms with Crippen LogP contribution in [0.4, 0.5) is 0 Å². The van der Waals surface area contributed by atoms with E-state index < -0.39 is 0 Å². The van der Waals surface area contributed by atoms with E-state index in [0.717, 1.165) is 0 Å². The van der Waals surface area contributed by atoms with Crippen LogP contribution in [0.15, 0.2) is 61.2 Å². The van der Waals surface area contributed by atoms with E-state index in [1.165, 1.54) is 5.56 Å². The molecule has 0 aliphatic rings. The van der Waals surface area contributed by atoms with Crippen molar-refractivity contribution >= 4 is 6.08 Å². The average molecular weight is 156 g/mol. The van der Waals surface area contributed by atoms with Crippen molar-refractivity contribution in [3.63, 3.8) is 0 Å². The molecule has 0 heteroatoms. The molecule has 1 aromatic rings. The Labute approximate surface area is 73.6 Å². The molecule has 60 valence electrons. The minimum absolute atomic E-state index is 1.21. The summed E-state index contributed by atoms with van der Waals surface area (Å²) in [5.74, 6) is 0. The molecule has 0 N–H and O–H groups in total. The fraction of sp³-hybridized carbons (Fsp3) is 0. The SMILES string of the molecule is C=C/C=C/C=C\c1ccccc1. The van der Waals surface area contributed by atoms with Crippen molar-refractivity contribution in [1.82, 2.24) is 0 Å². The molecule has 0 aliphatic carbocycles. The highest BCUT2D eigenvalue weighted by Crippen LogP contribution is 2.00. The van der Waals surface area contributed by atoms with E-state index in [-0.39, 0.29) is 0 Å². The van der Waals surface area contributed by atoms with Crippen molar-refractivity contribution in [3.8, 4) is 0 Å². The Hall–Kier alpha value is -1.56. The van der Waals surface area contributed by atoms with E-state index in [4.69, 9.17) is 0 Å². The van der Waals surface area contributed by atoms with Crippen LogP contribution in [0.2, 0.25) is 0 Å². The van der Waals surface area contributed by atoms with Crippen LogP contribution in [-0.4, -0.2) is 0 Å². The van der Waals surface area contributed by atoms with Crippen LogP contribution in [0.1, 0.15) is 5.56 Å². The van der Waals surface area contributed by atoms with E-state index in [1.54, 1.807) is 6.08 Å². The van der Waals surface area contributed by atoms with Crippen LogP contribution in [0.5, 0.6) is 0 Å². The quantitative estimate of drug-likeness (QED) is 0.588. The van der Waals surface area contributed by atoms with Gasteiger partial charge in [-0.05, 0) is 5.56 Å². The maximum Gasteiger partial charge on any atom is -0.0257 e. The lowest BCUT2D eigenvalue weighted by molar-refractivity contribution is 1.66. The van der Waals surface area contributed by atoms with Gasteiger partial charge in [0.15, 0.2) is 0 Å². The molecule has 0 spiro atoms. The van der Waals surface area contributed by atoms with E-state index in [0.29, 0.717) is 0 Å². The third-order valence-corrected chi connectivity index (χ3v) is 1.45. The van der Waals surface area contributed by atoms with Crippen LogP contribution in [0.3, 0.4) is 0 Å². The standard InChI is InChI=1S/C12H12/c1-2-3-4-6-9-12-10-7-5-8-11-12/h2-11H,1H2/b4-3+,9-6-. The molecule has 0 saturated heterocycles. The van der Waals surface area contributed by atoms with Gasteiger partial charge in [0.1, 0.15) is 0 Å². The summed E-state index contributed by atoms with van der Waals surface area (Å²) in [7, 11) is 0. The Morgan fingerprint density at radius 2 is 1.67 bits per heavy atom. The molecule has 0 nitrogen and oxygen atoms in total. The number of benzene rings is 1. The molecule has 0 fully saturated rings. The van der Waals surface area contributed by atoms with Gasteiger partial charge in [-0.1, -0.05) is 67.3 Å². The minimum Gasteiger partial charge on any atom is -0.0991 e. The first-order chi connectivity index (χ1) is 5.93. The molecule has 0 heterocycles. The summed E-state index contributed by atoms with van der Waals surface area (Å²) >= 11 is 0. The van der Waals surface area contributed by atoms with Gasteiger partial charge in [0.25, 0.3) is 0 Å². The van der Waals surface area contributed by atoms with E-state index in [1.807, 2.05) is 36.4 Å². The summed E-state index contributed by atoms with van der Waals surface area (Å²) < 4.78 is 0. The smallest absolute Gasteiger partial charge is 0.0257 e. The molecule has 0 amide bonds. The zero-order valence-corrected chi connectivity index (χ0v) is 6.98. The molecule has 12 heavy (non-hydrogen) atoms. The summed E-state index contributed by atoms with van der Waals surface area (Å²) in [5, 5.41) is 0. The predicted molar refractivity (Wildman–Crippen MR) is 54.8 cm³/mol. The molecule has 0 unspecified atom stereocenters. The monoisotopic (exact) mass is 156 g/mol. The molecule has 0 aromatic heterocycles. The molecule has 0 radical (unpaired) electrons. The van der Waals surface area contributed by atoms with Gasteiger partial charge in [-0.3, -0.25) is 0 Å². The van der Waals surface area contributed by atoms with Crippen molar-refractivity contribution in [2.75, 3.05) is 0 Å². The highest BCUT2D eigenvalue weighted by Gasteiger charge is 1.78. The number of hydrogen-bond acceptors (Lipinski definition) is 0. The molecule has 1 aromatic carbocycles. The lowest BCUT2D eigenvalue weighted by Crippen LogP contribution is -1.66. The molecule has 0 aliphatic heterocycles. The van der Waals surface area contributed by atoms with Gasteiger partial charge in [-0.2, -0.15) is 0 Å². The van der Waals surface area contributed by atoms with Gasteiger partial charge in [-0.25, -0.2) is 0 Å². The third kappa shape index (κ3) is 3.02. The van der Waals surface area contributed by atoms with Gasteiger partial charge >= 0.3 is 0 Å². The Morgan fingerprint density at radius 1 is 0.917 bits per heavy atom. The van der Waals surface area contributed by atoms with Crippen LogP contribution in [-0.2, 0) is 0 Å². The summed E-state index contributed by atoms with van der Waals surface area (Å²) in [4.78, 5) is 0. The highest BCUT2D eigenvalue weighted by molar-refractivity contribution is 5.50. The van der Waals surface area contributed by atoms with Gasteiger partial charge in [0.05, 0.1) is 0 Å². The first kappa shape index (κ1) is 8.54. The molecule has 0 bridgehead atoms. The van der Waals surface area contributed by atoms with Crippen molar-refractivity contribution in [1.29, 1.82) is 0 Å². The van der Waals surface area contributed by atoms with Crippen LogP contribution in [0.25, 0.3) is 6.08 Å². The first-order valence-electron chi connectivity index (χ1n) is 3.94. The zero-order chi connectivity index (χ0) is 8.65. The zero-order valence-electron chi connectivity index (χ0n) is 6.98. The maximum absolute atomic E-state index is 3.58. The summed E-state index contributed by atoms with van der Waals surface area (Å²) in [6.45, 7) is 3.58. The lowest BCUT2D eigenvalue weighted by atomic mass is 10.2. The second-order valence-corrected chi connectivity index (χ2v) is 2.39. The Balaban J connectivity index is 2.58. The highest BCUT2D eigenvalue weighted by atomic mass is 13.8. The van der Waals surface area contributed by atoms with Crippen molar-refractivity contribution in [3.05, 3.63) is 66.8 Å². The van der Waals surface area contributed by atoms with Crippen molar-refractivity contribution in [2.24, 2.45) is 0 Å². The van der Waals surface area contributed by atoms with Crippen LogP contribution >= 0.6 is 0 Å². The number of hydrogen-bond donors (Lipinski definition) is 0. The van der Waals surface area contributed by atoms with E-state index in [2.05, 4.69) is 24.8 Å². The maximum atomic E-state index is 3.58. The average Bonchev–Trinajstić information content (AvgIpc) is 2.14. The Kier molecular flexibility index (Phi) is 3.65. The van der Waals surface area contributed by atoms with Gasteiger partial charge < -0.3 is 0 Å². The fourth-order valence-electron chi connectivity index (χ4n) is 0.874. The molecule has 1 rings (SSSR count). The minimum atomic E-state index is 1.21. The molecule has 0 atom stereocenters. The van der Waals surface area contributed by atoms with Crippen LogP contribution < -0.4 is 0 Å². The largest absolute Gasteiger partial charge is 0.0991 e. The van der Waals surface area contributed by atoms with Gasteiger partial charge in [0, 0.05) is 0 Å². The van der Waals surface area contributed by atoms with Gasteiger partial charge in [-0.15, -0.1) is 0 Å². The Bertz CT molecular complexity index is 278. The Morgan fingerprint density at radius 3 is 2.33 bits per heavy atom. The van der Waals surface area contributed by atoms with Crippen molar-refractivity contribution < 1.29 is 0 Å². The van der Waals surface area contributed by atoms with Crippen molar-refractivity contribution in [2.45, 2.75) is 0 Å². The molecular formula is C12H12. The second-order valence-electron chi connectivity index (χ2n) is 2.39. The lowest BCUT2D eigenvalue weighted by Gasteiger charge is -1.87. The van der Waals surface area contributed by atoms with E-state index in [9.17, 15) is 0 Å². The third-order valence-electron chi connectivity index (χ3n) is 1.45. The molecular weight excluding hydrogens is 144 g/mol. The topological polar surface area (TPSA) is 0 Å². The van der Waals surface area contributed by atoms with Crippen LogP contribution in [0, 0.1) is 0 Å². The normalized spacial score (nSPS) is 11.0. The summed E-state index contributed by atoms with van der Waals surface area (Å²) in [5.41, 5.74) is 1.21. The number of rotatable bonds is 3. The predicted octanol–water partition coefficient (Wildman–Crippen LogP) is 3.44.